The zero-order valence-corrected chi connectivity index (χ0v) is 8.15. The van der Waals surface area contributed by atoms with E-state index in [9.17, 15) is 4.79 Å². The standard InChI is InChI=1S/C8H17BNO4/c1-2-8(10,7(11)12)5-3-4-6-9(13)14/h13-14H,1-6,10H2,(H,11,12)/t8-/m0/s1. The number of carbonyl (C=O) groups is 1. The Morgan fingerprint density at radius 2 is 2.00 bits per heavy atom. The molecule has 81 valence electrons. The van der Waals surface area contributed by atoms with Gasteiger partial charge in [-0.3, -0.25) is 4.79 Å². The minimum absolute atomic E-state index is 0.129. The van der Waals surface area contributed by atoms with Gasteiger partial charge in [-0.25, -0.2) is 0 Å². The van der Waals surface area contributed by atoms with Gasteiger partial charge in [0.2, 0.25) is 0 Å². The van der Waals surface area contributed by atoms with Crippen molar-refractivity contribution in [2.75, 3.05) is 0 Å². The minimum Gasteiger partial charge on any atom is -0.480 e. The second-order valence-electron chi connectivity index (χ2n) is 3.44. The fourth-order valence-electron chi connectivity index (χ4n) is 1.11. The lowest BCUT2D eigenvalue weighted by Gasteiger charge is -2.22. The molecule has 0 spiro atoms. The Morgan fingerprint density at radius 1 is 1.43 bits per heavy atom. The van der Waals surface area contributed by atoms with Gasteiger partial charge in [0, 0.05) is 0 Å². The molecule has 0 aromatic rings. The number of nitrogens with two attached hydrogens (primary N) is 1. The van der Waals surface area contributed by atoms with Crippen molar-refractivity contribution in [2.24, 2.45) is 5.73 Å². The van der Waals surface area contributed by atoms with Crippen molar-refractivity contribution in [3.63, 3.8) is 0 Å². The van der Waals surface area contributed by atoms with Crippen molar-refractivity contribution in [1.82, 2.24) is 0 Å². The van der Waals surface area contributed by atoms with Gasteiger partial charge in [0.05, 0.1) is 0 Å². The fourth-order valence-corrected chi connectivity index (χ4v) is 1.11. The zero-order chi connectivity index (χ0) is 11.2. The number of hydrogen-bond acceptors (Lipinski definition) is 4. The molecule has 0 aliphatic rings. The molecule has 0 unspecified atom stereocenters. The summed E-state index contributed by atoms with van der Waals surface area (Å²) < 4.78 is 0. The van der Waals surface area contributed by atoms with Crippen LogP contribution in [0, 0.1) is 6.92 Å². The lowest BCUT2D eigenvalue weighted by atomic mass is 9.81. The second kappa shape index (κ2) is 6.00. The largest absolute Gasteiger partial charge is 0.480 e. The van der Waals surface area contributed by atoms with E-state index < -0.39 is 18.6 Å². The zero-order valence-electron chi connectivity index (χ0n) is 8.15. The molecule has 6 heteroatoms. The Balaban J connectivity index is 3.79. The highest BCUT2D eigenvalue weighted by molar-refractivity contribution is 6.40. The van der Waals surface area contributed by atoms with Crippen LogP contribution < -0.4 is 5.73 Å². The van der Waals surface area contributed by atoms with Crippen molar-refractivity contribution in [2.45, 2.75) is 37.5 Å². The smallest absolute Gasteiger partial charge is 0.451 e. The molecule has 1 radical (unpaired) electrons. The molecule has 0 aromatic carbocycles. The van der Waals surface area contributed by atoms with E-state index in [0.29, 0.717) is 19.3 Å². The summed E-state index contributed by atoms with van der Waals surface area (Å²) in [5, 5.41) is 25.9. The van der Waals surface area contributed by atoms with Gasteiger partial charge < -0.3 is 20.9 Å². The van der Waals surface area contributed by atoms with Crippen LogP contribution in [0.1, 0.15) is 25.7 Å². The number of aliphatic carboxylic acids is 1. The molecule has 0 fully saturated rings. The third-order valence-corrected chi connectivity index (χ3v) is 2.21. The van der Waals surface area contributed by atoms with Gasteiger partial charge in [0.25, 0.3) is 0 Å². The van der Waals surface area contributed by atoms with Gasteiger partial charge in [0.15, 0.2) is 0 Å². The number of unbranched alkanes of at least 4 members (excludes halogenated alkanes) is 1. The predicted molar refractivity (Wildman–Crippen MR) is 53.4 cm³/mol. The van der Waals surface area contributed by atoms with Gasteiger partial charge in [-0.15, -0.1) is 0 Å². The number of rotatable bonds is 7. The summed E-state index contributed by atoms with van der Waals surface area (Å²) in [6, 6.07) is 0. The molecule has 1 atom stereocenters. The summed E-state index contributed by atoms with van der Waals surface area (Å²) in [5.41, 5.74) is 4.29. The first kappa shape index (κ1) is 13.4. The quantitative estimate of drug-likeness (QED) is 0.333. The topological polar surface area (TPSA) is 104 Å². The third-order valence-electron chi connectivity index (χ3n) is 2.21. The first-order valence-corrected chi connectivity index (χ1v) is 4.60. The van der Waals surface area contributed by atoms with Gasteiger partial charge in [-0.1, -0.05) is 19.8 Å². The van der Waals surface area contributed by atoms with Crippen LogP contribution in [0.4, 0.5) is 0 Å². The van der Waals surface area contributed by atoms with Crippen molar-refractivity contribution in [3.05, 3.63) is 6.92 Å². The molecule has 0 rings (SSSR count). The number of carboxylic acids is 1. The highest BCUT2D eigenvalue weighted by Crippen LogP contribution is 2.16. The van der Waals surface area contributed by atoms with E-state index in [2.05, 4.69) is 6.92 Å². The van der Waals surface area contributed by atoms with E-state index in [-0.39, 0.29) is 12.7 Å². The van der Waals surface area contributed by atoms with Crippen LogP contribution in [-0.2, 0) is 4.79 Å². The summed E-state index contributed by atoms with van der Waals surface area (Å²) in [7, 11) is -1.33. The first-order valence-electron chi connectivity index (χ1n) is 4.60. The van der Waals surface area contributed by atoms with Crippen LogP contribution >= 0.6 is 0 Å². The molecular weight excluding hydrogens is 185 g/mol. The summed E-state index contributed by atoms with van der Waals surface area (Å²) in [5.74, 6) is -1.06. The number of carboxylic acid groups (broad SMARTS) is 1. The Morgan fingerprint density at radius 3 is 2.36 bits per heavy atom. The van der Waals surface area contributed by atoms with Crippen LogP contribution in [0.25, 0.3) is 0 Å². The Labute approximate surface area is 84.1 Å². The van der Waals surface area contributed by atoms with E-state index in [1.165, 1.54) is 0 Å². The molecule has 5 N–H and O–H groups in total. The van der Waals surface area contributed by atoms with E-state index in [1.807, 2.05) is 0 Å². The summed E-state index contributed by atoms with van der Waals surface area (Å²) in [6.07, 6.45) is 1.77. The van der Waals surface area contributed by atoms with E-state index in [1.54, 1.807) is 0 Å². The highest BCUT2D eigenvalue weighted by Gasteiger charge is 2.30. The Bertz CT molecular complexity index is 188. The van der Waals surface area contributed by atoms with Gasteiger partial charge in [-0.2, -0.15) is 0 Å². The lowest BCUT2D eigenvalue weighted by molar-refractivity contribution is -0.143. The number of hydrogen-bond donors (Lipinski definition) is 4. The molecular formula is C8H17BNO4. The van der Waals surface area contributed by atoms with Gasteiger partial charge in [-0.05, 0) is 19.2 Å². The summed E-state index contributed by atoms with van der Waals surface area (Å²) >= 11 is 0. The molecule has 0 amide bonds. The van der Waals surface area contributed by atoms with E-state index >= 15 is 0 Å². The maximum absolute atomic E-state index is 10.7. The predicted octanol–water partition coefficient (Wildman–Crippen LogP) is -0.364. The molecule has 0 aliphatic heterocycles. The minimum atomic E-state index is -1.33. The van der Waals surface area contributed by atoms with Crippen molar-refractivity contribution in [3.8, 4) is 0 Å². The first-order chi connectivity index (χ1) is 6.42. The molecule has 0 aliphatic carbocycles. The fraction of sp³-hybridized carbons (Fsp3) is 0.750. The SMILES string of the molecule is [CH2]C[C@](N)(CCCCB(O)O)C(=O)O. The maximum Gasteiger partial charge on any atom is 0.451 e. The van der Waals surface area contributed by atoms with Crippen LogP contribution in [0.2, 0.25) is 6.32 Å². The van der Waals surface area contributed by atoms with Crippen LogP contribution in [0.15, 0.2) is 0 Å². The summed E-state index contributed by atoms with van der Waals surface area (Å²) in [6.45, 7) is 3.49. The van der Waals surface area contributed by atoms with Crippen molar-refractivity contribution >= 4 is 13.1 Å². The molecule has 0 bridgehead atoms. The average molecular weight is 202 g/mol. The Hall–Kier alpha value is -0.585. The van der Waals surface area contributed by atoms with E-state index in [4.69, 9.17) is 20.9 Å². The molecule has 0 saturated carbocycles. The normalized spacial score (nSPS) is 14.9. The van der Waals surface area contributed by atoms with Crippen molar-refractivity contribution in [1.29, 1.82) is 0 Å². The van der Waals surface area contributed by atoms with Gasteiger partial charge >= 0.3 is 13.1 Å². The van der Waals surface area contributed by atoms with Crippen LogP contribution in [0.5, 0.6) is 0 Å². The maximum atomic E-state index is 10.7. The molecule has 0 heterocycles. The molecule has 5 nitrogen and oxygen atoms in total. The monoisotopic (exact) mass is 202 g/mol. The highest BCUT2D eigenvalue weighted by atomic mass is 16.4. The van der Waals surface area contributed by atoms with Gasteiger partial charge in [0.1, 0.15) is 5.54 Å². The Kier molecular flexibility index (Phi) is 5.75. The molecule has 0 aromatic heterocycles. The van der Waals surface area contributed by atoms with Crippen LogP contribution in [-0.4, -0.2) is 33.8 Å². The third kappa shape index (κ3) is 4.60. The summed E-state index contributed by atoms with van der Waals surface area (Å²) in [4.78, 5) is 10.7. The molecule has 0 saturated heterocycles. The van der Waals surface area contributed by atoms with Crippen LogP contribution in [0.3, 0.4) is 0 Å². The lowest BCUT2D eigenvalue weighted by Crippen LogP contribution is -2.47. The molecule has 14 heavy (non-hydrogen) atoms. The van der Waals surface area contributed by atoms with Crippen molar-refractivity contribution < 1.29 is 19.9 Å². The van der Waals surface area contributed by atoms with E-state index in [0.717, 1.165) is 0 Å². The average Bonchev–Trinajstić information content (AvgIpc) is 2.11. The second-order valence-corrected chi connectivity index (χ2v) is 3.44.